The minimum absolute atomic E-state index is 0.129. The van der Waals surface area contributed by atoms with Gasteiger partial charge < -0.3 is 19.9 Å². The fraction of sp³-hybridized carbons (Fsp3) is 0.538. The number of aliphatic hydroxyl groups is 1. The molecule has 0 aliphatic heterocycles. The summed E-state index contributed by atoms with van der Waals surface area (Å²) in [6, 6.07) is 1.98. The maximum absolute atomic E-state index is 8.75. The van der Waals surface area contributed by atoms with Crippen molar-refractivity contribution in [3.63, 3.8) is 0 Å². The van der Waals surface area contributed by atoms with Crippen LogP contribution in [-0.4, -0.2) is 32.5 Å². The van der Waals surface area contributed by atoms with Crippen LogP contribution in [0.15, 0.2) is 6.07 Å². The molecule has 1 aromatic carbocycles. The summed E-state index contributed by atoms with van der Waals surface area (Å²) in [6.07, 6.45) is 0. The van der Waals surface area contributed by atoms with E-state index in [0.29, 0.717) is 13.1 Å². The largest absolute Gasteiger partial charge is 0.496 e. The molecule has 0 spiro atoms. The average Bonchev–Trinajstić information content (AvgIpc) is 2.34. The summed E-state index contributed by atoms with van der Waals surface area (Å²) < 4.78 is 10.8. The van der Waals surface area contributed by atoms with Gasteiger partial charge >= 0.3 is 0 Å². The lowest BCUT2D eigenvalue weighted by Crippen LogP contribution is -2.18. The van der Waals surface area contributed by atoms with E-state index in [-0.39, 0.29) is 6.61 Å². The second-order valence-corrected chi connectivity index (χ2v) is 3.92. The van der Waals surface area contributed by atoms with Crippen molar-refractivity contribution in [2.75, 3.05) is 27.4 Å². The molecule has 0 aliphatic rings. The van der Waals surface area contributed by atoms with Gasteiger partial charge in [0.1, 0.15) is 11.5 Å². The van der Waals surface area contributed by atoms with Crippen molar-refractivity contribution in [3.05, 3.63) is 22.8 Å². The molecule has 0 aliphatic carbocycles. The van der Waals surface area contributed by atoms with Gasteiger partial charge in [-0.25, -0.2) is 0 Å². The normalized spacial score (nSPS) is 10.4. The van der Waals surface area contributed by atoms with Crippen LogP contribution in [0.5, 0.6) is 11.5 Å². The molecule has 0 heterocycles. The van der Waals surface area contributed by atoms with E-state index < -0.39 is 0 Å². The van der Waals surface area contributed by atoms with Crippen LogP contribution in [0.25, 0.3) is 0 Å². The maximum atomic E-state index is 8.75. The Labute approximate surface area is 103 Å². The van der Waals surface area contributed by atoms with Crippen LogP contribution in [0.2, 0.25) is 0 Å². The standard InChI is InChI=1S/C13H21NO3/c1-9-10(2)13(17-4)11(7-12(9)16-3)8-14-5-6-15/h7,14-15H,5-6,8H2,1-4H3. The van der Waals surface area contributed by atoms with Gasteiger partial charge in [0.2, 0.25) is 0 Å². The van der Waals surface area contributed by atoms with Gasteiger partial charge in [-0.15, -0.1) is 0 Å². The summed E-state index contributed by atoms with van der Waals surface area (Å²) in [7, 11) is 3.34. The Morgan fingerprint density at radius 2 is 1.88 bits per heavy atom. The predicted octanol–water partition coefficient (Wildman–Crippen LogP) is 1.40. The fourth-order valence-electron chi connectivity index (χ4n) is 1.86. The van der Waals surface area contributed by atoms with E-state index in [0.717, 1.165) is 28.2 Å². The van der Waals surface area contributed by atoms with Crippen molar-refractivity contribution < 1.29 is 14.6 Å². The number of hydrogen-bond acceptors (Lipinski definition) is 4. The van der Waals surface area contributed by atoms with Gasteiger partial charge in [-0.3, -0.25) is 0 Å². The van der Waals surface area contributed by atoms with Gasteiger partial charge in [0, 0.05) is 18.7 Å². The number of nitrogens with one attached hydrogen (secondary N) is 1. The highest BCUT2D eigenvalue weighted by atomic mass is 16.5. The van der Waals surface area contributed by atoms with Crippen molar-refractivity contribution in [2.45, 2.75) is 20.4 Å². The maximum Gasteiger partial charge on any atom is 0.126 e. The Morgan fingerprint density at radius 1 is 1.18 bits per heavy atom. The number of benzene rings is 1. The summed E-state index contributed by atoms with van der Waals surface area (Å²) in [5.41, 5.74) is 3.23. The van der Waals surface area contributed by atoms with Crippen LogP contribution in [0.1, 0.15) is 16.7 Å². The van der Waals surface area contributed by atoms with Crippen molar-refractivity contribution in [3.8, 4) is 11.5 Å². The summed E-state index contributed by atoms with van der Waals surface area (Å²) in [5, 5.41) is 11.9. The zero-order chi connectivity index (χ0) is 12.8. The number of methoxy groups -OCH3 is 2. The molecule has 2 N–H and O–H groups in total. The zero-order valence-corrected chi connectivity index (χ0v) is 11.0. The van der Waals surface area contributed by atoms with E-state index in [2.05, 4.69) is 5.32 Å². The average molecular weight is 239 g/mol. The SMILES string of the molecule is COc1cc(CNCCO)c(OC)c(C)c1C. The first-order valence-corrected chi connectivity index (χ1v) is 5.68. The first kappa shape index (κ1) is 13.8. The molecule has 1 aromatic rings. The molecule has 0 unspecified atom stereocenters. The van der Waals surface area contributed by atoms with Gasteiger partial charge in [0.15, 0.2) is 0 Å². The lowest BCUT2D eigenvalue weighted by molar-refractivity contribution is 0.291. The van der Waals surface area contributed by atoms with Crippen LogP contribution in [0.4, 0.5) is 0 Å². The van der Waals surface area contributed by atoms with Gasteiger partial charge in [-0.1, -0.05) is 0 Å². The Hall–Kier alpha value is -1.26. The molecule has 96 valence electrons. The van der Waals surface area contributed by atoms with Crippen LogP contribution < -0.4 is 14.8 Å². The quantitative estimate of drug-likeness (QED) is 0.737. The van der Waals surface area contributed by atoms with Gasteiger partial charge in [0.05, 0.1) is 20.8 Å². The Kier molecular flexibility index (Phi) is 5.25. The summed E-state index contributed by atoms with van der Waals surface area (Å²) in [5.74, 6) is 1.75. The van der Waals surface area contributed by atoms with Crippen molar-refractivity contribution in [2.24, 2.45) is 0 Å². The van der Waals surface area contributed by atoms with Crippen molar-refractivity contribution >= 4 is 0 Å². The van der Waals surface area contributed by atoms with Gasteiger partial charge in [-0.05, 0) is 31.0 Å². The second-order valence-electron chi connectivity index (χ2n) is 3.92. The molecule has 0 saturated heterocycles. The van der Waals surface area contributed by atoms with Crippen LogP contribution in [0, 0.1) is 13.8 Å². The highest BCUT2D eigenvalue weighted by Crippen LogP contribution is 2.33. The smallest absolute Gasteiger partial charge is 0.126 e. The molecule has 0 aromatic heterocycles. The second kappa shape index (κ2) is 6.47. The predicted molar refractivity (Wildman–Crippen MR) is 67.8 cm³/mol. The van der Waals surface area contributed by atoms with Gasteiger partial charge in [0.25, 0.3) is 0 Å². The number of aliphatic hydroxyl groups excluding tert-OH is 1. The highest BCUT2D eigenvalue weighted by Gasteiger charge is 2.13. The van der Waals surface area contributed by atoms with Gasteiger partial charge in [-0.2, -0.15) is 0 Å². The molecule has 0 atom stereocenters. The zero-order valence-electron chi connectivity index (χ0n) is 11.0. The van der Waals surface area contributed by atoms with Crippen LogP contribution >= 0.6 is 0 Å². The van der Waals surface area contributed by atoms with E-state index in [9.17, 15) is 0 Å². The molecule has 1 rings (SSSR count). The molecule has 0 saturated carbocycles. The molecule has 0 radical (unpaired) electrons. The monoisotopic (exact) mass is 239 g/mol. The molecule has 4 nitrogen and oxygen atoms in total. The lowest BCUT2D eigenvalue weighted by Gasteiger charge is -2.17. The van der Waals surface area contributed by atoms with E-state index in [4.69, 9.17) is 14.6 Å². The topological polar surface area (TPSA) is 50.7 Å². The van der Waals surface area contributed by atoms with E-state index in [1.54, 1.807) is 14.2 Å². The first-order valence-electron chi connectivity index (χ1n) is 5.68. The minimum Gasteiger partial charge on any atom is -0.496 e. The molecule has 4 heteroatoms. The third-order valence-corrected chi connectivity index (χ3v) is 2.90. The van der Waals surface area contributed by atoms with E-state index in [1.807, 2.05) is 19.9 Å². The Balaban J connectivity index is 3.04. The molecular formula is C13H21NO3. The van der Waals surface area contributed by atoms with E-state index in [1.165, 1.54) is 0 Å². The van der Waals surface area contributed by atoms with Crippen LogP contribution in [0.3, 0.4) is 0 Å². The summed E-state index contributed by atoms with van der Waals surface area (Å²) in [4.78, 5) is 0. The van der Waals surface area contributed by atoms with E-state index >= 15 is 0 Å². The number of rotatable bonds is 6. The van der Waals surface area contributed by atoms with Crippen molar-refractivity contribution in [1.29, 1.82) is 0 Å². The minimum atomic E-state index is 0.129. The van der Waals surface area contributed by atoms with Crippen LogP contribution in [-0.2, 0) is 6.54 Å². The Morgan fingerprint density at radius 3 is 2.41 bits per heavy atom. The first-order chi connectivity index (χ1) is 8.15. The van der Waals surface area contributed by atoms with Crippen molar-refractivity contribution in [1.82, 2.24) is 5.32 Å². The lowest BCUT2D eigenvalue weighted by atomic mass is 10.0. The fourth-order valence-corrected chi connectivity index (χ4v) is 1.86. The number of ether oxygens (including phenoxy) is 2. The summed E-state index contributed by atoms with van der Waals surface area (Å²) in [6.45, 7) is 5.39. The molecule has 0 bridgehead atoms. The third kappa shape index (κ3) is 3.11. The molecule has 0 amide bonds. The summed E-state index contributed by atoms with van der Waals surface area (Å²) >= 11 is 0. The third-order valence-electron chi connectivity index (χ3n) is 2.90. The molecular weight excluding hydrogens is 218 g/mol. The molecule has 0 fully saturated rings. The molecule has 17 heavy (non-hydrogen) atoms. The highest BCUT2D eigenvalue weighted by molar-refractivity contribution is 5.52. The number of hydrogen-bond donors (Lipinski definition) is 2. The Bertz CT molecular complexity index is 377.